The van der Waals surface area contributed by atoms with Crippen LogP contribution in [0.25, 0.3) is 0 Å². The summed E-state index contributed by atoms with van der Waals surface area (Å²) in [4.78, 5) is 11.8. The summed E-state index contributed by atoms with van der Waals surface area (Å²) in [6, 6.07) is 6.02. The van der Waals surface area contributed by atoms with E-state index in [1.54, 1.807) is 0 Å². The van der Waals surface area contributed by atoms with Gasteiger partial charge in [0.25, 0.3) is 0 Å². The van der Waals surface area contributed by atoms with Crippen molar-refractivity contribution in [2.24, 2.45) is 5.41 Å². The van der Waals surface area contributed by atoms with Crippen LogP contribution in [0.4, 0.5) is 0 Å². The molecular formula is C17H27NO3. The lowest BCUT2D eigenvalue weighted by molar-refractivity contribution is -0.122. The molecule has 0 unspecified atom stereocenters. The van der Waals surface area contributed by atoms with E-state index < -0.39 is 0 Å². The quantitative estimate of drug-likeness (QED) is 0.774. The number of benzene rings is 1. The third kappa shape index (κ3) is 7.14. The molecular weight excluding hydrogens is 266 g/mol. The smallest absolute Gasteiger partial charge is 0.223 e. The first-order valence-corrected chi connectivity index (χ1v) is 7.41. The molecule has 21 heavy (non-hydrogen) atoms. The molecule has 4 heteroatoms. The van der Waals surface area contributed by atoms with E-state index in [9.17, 15) is 4.79 Å². The number of ether oxygens (including phenoxy) is 1. The van der Waals surface area contributed by atoms with Gasteiger partial charge >= 0.3 is 0 Å². The van der Waals surface area contributed by atoms with Crippen LogP contribution in [-0.4, -0.2) is 30.8 Å². The minimum absolute atomic E-state index is 0.0228. The second kappa shape index (κ2) is 8.03. The molecule has 1 aromatic carbocycles. The third-order valence-corrected chi connectivity index (χ3v) is 3.35. The minimum atomic E-state index is -0.0844. The largest absolute Gasteiger partial charge is 0.493 e. The van der Waals surface area contributed by atoms with Crippen LogP contribution in [-0.2, 0) is 4.79 Å². The fourth-order valence-electron chi connectivity index (χ4n) is 2.10. The number of rotatable bonds is 8. The Kier molecular flexibility index (Phi) is 6.69. The maximum absolute atomic E-state index is 11.8. The van der Waals surface area contributed by atoms with Crippen molar-refractivity contribution >= 4 is 5.91 Å². The number of aryl methyl sites for hydroxylation is 2. The van der Waals surface area contributed by atoms with Crippen molar-refractivity contribution in [1.82, 2.24) is 5.32 Å². The lowest BCUT2D eigenvalue weighted by atomic mass is 9.90. The highest BCUT2D eigenvalue weighted by molar-refractivity contribution is 5.76. The molecule has 0 spiro atoms. The molecule has 0 heterocycles. The molecule has 0 aliphatic heterocycles. The Bertz CT molecular complexity index is 449. The van der Waals surface area contributed by atoms with Gasteiger partial charge in [-0.3, -0.25) is 4.79 Å². The summed E-state index contributed by atoms with van der Waals surface area (Å²) in [5.41, 5.74) is 2.22. The molecule has 2 N–H and O–H groups in total. The van der Waals surface area contributed by atoms with E-state index in [0.717, 1.165) is 16.9 Å². The summed E-state index contributed by atoms with van der Waals surface area (Å²) in [5, 5.41) is 11.8. The van der Waals surface area contributed by atoms with Crippen LogP contribution in [0.1, 0.15) is 37.8 Å². The SMILES string of the molecule is Cc1cc(C)cc(OCCC(=O)NCC(C)(C)CCO)c1. The molecule has 0 aliphatic carbocycles. The van der Waals surface area contributed by atoms with E-state index in [-0.39, 0.29) is 17.9 Å². The molecule has 4 nitrogen and oxygen atoms in total. The van der Waals surface area contributed by atoms with Gasteiger partial charge in [0.15, 0.2) is 0 Å². The first kappa shape index (κ1) is 17.5. The Morgan fingerprint density at radius 1 is 1.24 bits per heavy atom. The van der Waals surface area contributed by atoms with Crippen molar-refractivity contribution in [1.29, 1.82) is 0 Å². The van der Waals surface area contributed by atoms with Gasteiger partial charge in [0, 0.05) is 13.2 Å². The number of hydrogen-bond acceptors (Lipinski definition) is 3. The fraction of sp³-hybridized carbons (Fsp3) is 0.588. The van der Waals surface area contributed by atoms with E-state index in [0.29, 0.717) is 26.0 Å². The van der Waals surface area contributed by atoms with Gasteiger partial charge in [0.1, 0.15) is 5.75 Å². The lowest BCUT2D eigenvalue weighted by Crippen LogP contribution is -2.35. The van der Waals surface area contributed by atoms with Crippen LogP contribution in [0.2, 0.25) is 0 Å². The predicted octanol–water partition coefficient (Wildman–Crippen LogP) is 2.60. The molecule has 0 bridgehead atoms. The summed E-state index contributed by atoms with van der Waals surface area (Å²) in [5.74, 6) is 0.784. The summed E-state index contributed by atoms with van der Waals surface area (Å²) in [6.45, 7) is 9.17. The van der Waals surface area contributed by atoms with Crippen LogP contribution in [0.3, 0.4) is 0 Å². The Labute approximate surface area is 127 Å². The van der Waals surface area contributed by atoms with Crippen molar-refractivity contribution < 1.29 is 14.6 Å². The maximum Gasteiger partial charge on any atom is 0.223 e. The van der Waals surface area contributed by atoms with Gasteiger partial charge in [-0.05, 0) is 48.9 Å². The van der Waals surface area contributed by atoms with Gasteiger partial charge in [-0.1, -0.05) is 19.9 Å². The number of carbonyl (C=O) groups is 1. The number of amides is 1. The van der Waals surface area contributed by atoms with Crippen LogP contribution in [0.15, 0.2) is 18.2 Å². The summed E-state index contributed by atoms with van der Waals surface area (Å²) in [6.07, 6.45) is 1.01. The average Bonchev–Trinajstić information content (AvgIpc) is 2.35. The molecule has 0 atom stereocenters. The Morgan fingerprint density at radius 3 is 2.43 bits per heavy atom. The number of carbonyl (C=O) groups excluding carboxylic acids is 1. The zero-order valence-corrected chi connectivity index (χ0v) is 13.5. The second-order valence-corrected chi connectivity index (χ2v) is 6.34. The van der Waals surface area contributed by atoms with E-state index in [1.807, 2.05) is 39.8 Å². The van der Waals surface area contributed by atoms with Crippen molar-refractivity contribution in [3.05, 3.63) is 29.3 Å². The standard InChI is InChI=1S/C17H27NO3/c1-13-9-14(2)11-15(10-13)21-8-5-16(20)18-12-17(3,4)6-7-19/h9-11,19H,5-8,12H2,1-4H3,(H,18,20). The molecule has 1 amide bonds. The van der Waals surface area contributed by atoms with E-state index in [1.165, 1.54) is 0 Å². The van der Waals surface area contributed by atoms with Gasteiger partial charge < -0.3 is 15.2 Å². The minimum Gasteiger partial charge on any atom is -0.493 e. The average molecular weight is 293 g/mol. The maximum atomic E-state index is 11.8. The van der Waals surface area contributed by atoms with Gasteiger partial charge in [0.05, 0.1) is 13.0 Å². The molecule has 0 aromatic heterocycles. The van der Waals surface area contributed by atoms with Crippen molar-refractivity contribution in [2.45, 2.75) is 40.5 Å². The van der Waals surface area contributed by atoms with Gasteiger partial charge in [-0.25, -0.2) is 0 Å². The normalized spacial score (nSPS) is 11.3. The zero-order chi connectivity index (χ0) is 15.9. The molecule has 0 radical (unpaired) electrons. The molecule has 1 rings (SSSR count). The molecule has 1 aromatic rings. The molecule has 0 saturated carbocycles. The lowest BCUT2D eigenvalue weighted by Gasteiger charge is -2.23. The van der Waals surface area contributed by atoms with Gasteiger partial charge in [-0.2, -0.15) is 0 Å². The van der Waals surface area contributed by atoms with Crippen LogP contribution >= 0.6 is 0 Å². The molecule has 0 aliphatic rings. The van der Waals surface area contributed by atoms with Crippen molar-refractivity contribution in [3.8, 4) is 5.75 Å². The summed E-state index contributed by atoms with van der Waals surface area (Å²) >= 11 is 0. The number of hydrogen-bond donors (Lipinski definition) is 2. The van der Waals surface area contributed by atoms with Crippen LogP contribution in [0, 0.1) is 19.3 Å². The van der Waals surface area contributed by atoms with E-state index in [2.05, 4.69) is 11.4 Å². The Balaban J connectivity index is 2.30. The highest BCUT2D eigenvalue weighted by Gasteiger charge is 2.17. The monoisotopic (exact) mass is 293 g/mol. The predicted molar refractivity (Wildman–Crippen MR) is 84.5 cm³/mol. The van der Waals surface area contributed by atoms with Crippen LogP contribution in [0.5, 0.6) is 5.75 Å². The molecule has 0 saturated heterocycles. The second-order valence-electron chi connectivity index (χ2n) is 6.34. The first-order valence-electron chi connectivity index (χ1n) is 7.41. The third-order valence-electron chi connectivity index (χ3n) is 3.35. The van der Waals surface area contributed by atoms with Crippen molar-refractivity contribution in [3.63, 3.8) is 0 Å². The van der Waals surface area contributed by atoms with E-state index in [4.69, 9.17) is 9.84 Å². The number of aliphatic hydroxyl groups excluding tert-OH is 1. The Hall–Kier alpha value is -1.55. The van der Waals surface area contributed by atoms with E-state index >= 15 is 0 Å². The van der Waals surface area contributed by atoms with Gasteiger partial charge in [-0.15, -0.1) is 0 Å². The van der Waals surface area contributed by atoms with Crippen LogP contribution < -0.4 is 10.1 Å². The highest BCUT2D eigenvalue weighted by Crippen LogP contribution is 2.18. The first-order chi connectivity index (χ1) is 9.82. The fourth-order valence-corrected chi connectivity index (χ4v) is 2.10. The molecule has 0 fully saturated rings. The zero-order valence-electron chi connectivity index (χ0n) is 13.5. The van der Waals surface area contributed by atoms with Gasteiger partial charge in [0.2, 0.25) is 5.91 Å². The topological polar surface area (TPSA) is 58.6 Å². The summed E-state index contributed by atoms with van der Waals surface area (Å²) < 4.78 is 5.62. The summed E-state index contributed by atoms with van der Waals surface area (Å²) in [7, 11) is 0. The number of aliphatic hydroxyl groups is 1. The molecule has 118 valence electrons. The highest BCUT2D eigenvalue weighted by atomic mass is 16.5. The van der Waals surface area contributed by atoms with Crippen molar-refractivity contribution in [2.75, 3.05) is 19.8 Å². The number of nitrogens with one attached hydrogen (secondary N) is 1. The Morgan fingerprint density at radius 2 is 1.86 bits per heavy atom.